The van der Waals surface area contributed by atoms with E-state index in [1.54, 1.807) is 0 Å². The number of nitrogens with zero attached hydrogens (tertiary/aromatic N) is 1. The molecule has 16 heteroatoms. The number of guanidine groups is 1. The third-order valence-electron chi connectivity index (χ3n) is 3.93. The molecule has 15 nitrogen and oxygen atoms in total. The lowest BCUT2D eigenvalue weighted by Crippen LogP contribution is -2.58. The Kier molecular flexibility index (Phi) is 13.4. The summed E-state index contributed by atoms with van der Waals surface area (Å²) in [7, 11) is 0. The first-order valence-corrected chi connectivity index (χ1v) is 9.94. The number of carboxylic acids is 2. The molecule has 4 unspecified atom stereocenters. The van der Waals surface area contributed by atoms with Crippen LogP contribution in [0.25, 0.3) is 0 Å². The van der Waals surface area contributed by atoms with Gasteiger partial charge in [-0.3, -0.25) is 24.2 Å². The molecule has 0 rings (SSSR count). The van der Waals surface area contributed by atoms with Crippen LogP contribution in [-0.4, -0.2) is 94.0 Å². The van der Waals surface area contributed by atoms with Crippen LogP contribution in [0.1, 0.15) is 19.3 Å². The first-order valence-electron chi connectivity index (χ1n) is 9.31. The largest absolute Gasteiger partial charge is 0.481 e. The fraction of sp³-hybridized carbons (Fsp3) is 0.625. The molecule has 0 saturated heterocycles. The Morgan fingerprint density at radius 1 is 0.906 bits per heavy atom. The molecule has 0 aliphatic carbocycles. The number of carbonyl (C=O) groups is 5. The zero-order chi connectivity index (χ0) is 24.8. The van der Waals surface area contributed by atoms with E-state index in [2.05, 4.69) is 33.6 Å². The third kappa shape index (κ3) is 11.3. The number of aliphatic imine (C=N–C) groups is 1. The lowest BCUT2D eigenvalue weighted by atomic mass is 10.1. The van der Waals surface area contributed by atoms with Gasteiger partial charge in [0.2, 0.25) is 17.7 Å². The summed E-state index contributed by atoms with van der Waals surface area (Å²) in [5, 5.41) is 33.6. The van der Waals surface area contributed by atoms with E-state index in [1.165, 1.54) is 0 Å². The molecule has 0 aromatic heterocycles. The summed E-state index contributed by atoms with van der Waals surface area (Å²) in [5.41, 5.74) is 16.1. The molecule has 0 bridgehead atoms. The minimum absolute atomic E-state index is 0.131. The van der Waals surface area contributed by atoms with Crippen LogP contribution in [0.15, 0.2) is 4.99 Å². The minimum atomic E-state index is -1.62. The second kappa shape index (κ2) is 14.8. The molecule has 0 spiro atoms. The average Bonchev–Trinajstić information content (AvgIpc) is 2.71. The van der Waals surface area contributed by atoms with Crippen LogP contribution in [0.2, 0.25) is 0 Å². The topological polar surface area (TPSA) is 273 Å². The maximum atomic E-state index is 12.4. The molecule has 12 N–H and O–H groups in total. The van der Waals surface area contributed by atoms with Crippen molar-refractivity contribution < 1.29 is 39.3 Å². The first-order chi connectivity index (χ1) is 14.9. The number of aliphatic hydroxyl groups excluding tert-OH is 1. The summed E-state index contributed by atoms with van der Waals surface area (Å²) in [6.07, 6.45) is -0.372. The third-order valence-corrected chi connectivity index (χ3v) is 4.29. The Balaban J connectivity index is 5.09. The molecular formula is C16H29N7O8S. The SMILES string of the molecule is NC(N)=NCCCC(N)C(=O)NC(CC(=O)O)C(=O)NC(CO)C(=O)NC(CS)C(=O)O. The van der Waals surface area contributed by atoms with Gasteiger partial charge in [-0.2, -0.15) is 12.6 Å². The molecule has 0 radical (unpaired) electrons. The number of carbonyl (C=O) groups excluding carboxylic acids is 3. The fourth-order valence-corrected chi connectivity index (χ4v) is 2.48. The number of aliphatic hydroxyl groups is 1. The van der Waals surface area contributed by atoms with E-state index in [-0.39, 0.29) is 24.7 Å². The van der Waals surface area contributed by atoms with Crippen LogP contribution >= 0.6 is 12.6 Å². The second-order valence-electron chi connectivity index (χ2n) is 6.54. The predicted molar refractivity (Wildman–Crippen MR) is 115 cm³/mol. The van der Waals surface area contributed by atoms with Crippen molar-refractivity contribution in [3.8, 4) is 0 Å². The summed E-state index contributed by atoms with van der Waals surface area (Å²) >= 11 is 3.78. The van der Waals surface area contributed by atoms with Gasteiger partial charge < -0.3 is 48.5 Å². The zero-order valence-corrected chi connectivity index (χ0v) is 18.0. The molecule has 182 valence electrons. The summed E-state index contributed by atoms with van der Waals surface area (Å²) < 4.78 is 0. The Morgan fingerprint density at radius 3 is 1.91 bits per heavy atom. The van der Waals surface area contributed by atoms with Crippen molar-refractivity contribution >= 4 is 48.2 Å². The van der Waals surface area contributed by atoms with Crippen LogP contribution in [-0.2, 0) is 24.0 Å². The van der Waals surface area contributed by atoms with Gasteiger partial charge in [-0.25, -0.2) is 4.79 Å². The van der Waals surface area contributed by atoms with Gasteiger partial charge in [-0.15, -0.1) is 0 Å². The number of nitrogens with two attached hydrogens (primary N) is 3. The first kappa shape index (κ1) is 28.9. The number of hydrogen-bond acceptors (Lipinski definition) is 9. The van der Waals surface area contributed by atoms with E-state index < -0.39 is 66.9 Å². The lowest BCUT2D eigenvalue weighted by Gasteiger charge is -2.23. The number of amides is 3. The maximum Gasteiger partial charge on any atom is 0.327 e. The average molecular weight is 480 g/mol. The number of hydrogen-bond donors (Lipinski definition) is 10. The molecule has 4 atom stereocenters. The van der Waals surface area contributed by atoms with Gasteiger partial charge in [0.15, 0.2) is 5.96 Å². The highest BCUT2D eigenvalue weighted by molar-refractivity contribution is 7.80. The standard InChI is InChI=1S/C16H29N7O8S/c17-7(2-1-3-20-16(18)19)12(27)21-8(4-11(25)26)13(28)22-9(5-24)14(29)23-10(6-32)15(30)31/h7-10,24,32H,1-6,17H2,(H,21,27)(H,22,28)(H,23,29)(H,25,26)(H,30,31)(H4,18,19,20). The molecule has 0 saturated carbocycles. The molecule has 0 aromatic rings. The van der Waals surface area contributed by atoms with Gasteiger partial charge in [0.1, 0.15) is 18.1 Å². The molecular weight excluding hydrogens is 450 g/mol. The zero-order valence-electron chi connectivity index (χ0n) is 17.1. The highest BCUT2D eigenvalue weighted by Crippen LogP contribution is 2.00. The van der Waals surface area contributed by atoms with Crippen molar-refractivity contribution in [2.24, 2.45) is 22.2 Å². The monoisotopic (exact) mass is 479 g/mol. The number of nitrogens with one attached hydrogen (secondary N) is 3. The van der Waals surface area contributed by atoms with Gasteiger partial charge >= 0.3 is 11.9 Å². The number of aliphatic carboxylic acids is 2. The van der Waals surface area contributed by atoms with Crippen LogP contribution in [0.4, 0.5) is 0 Å². The van der Waals surface area contributed by atoms with Crippen LogP contribution in [0.3, 0.4) is 0 Å². The van der Waals surface area contributed by atoms with E-state index in [4.69, 9.17) is 27.4 Å². The fourth-order valence-electron chi connectivity index (χ4n) is 2.24. The van der Waals surface area contributed by atoms with E-state index in [0.29, 0.717) is 6.42 Å². The van der Waals surface area contributed by atoms with Crippen molar-refractivity contribution in [3.05, 3.63) is 0 Å². The van der Waals surface area contributed by atoms with Crippen LogP contribution in [0, 0.1) is 0 Å². The quantitative estimate of drug-likeness (QED) is 0.0461. The van der Waals surface area contributed by atoms with Gasteiger partial charge in [0, 0.05) is 12.3 Å². The minimum Gasteiger partial charge on any atom is -0.481 e. The van der Waals surface area contributed by atoms with E-state index in [0.717, 1.165) is 0 Å². The summed E-state index contributed by atoms with van der Waals surface area (Å²) in [6, 6.07) is -5.71. The van der Waals surface area contributed by atoms with Crippen molar-refractivity contribution in [3.63, 3.8) is 0 Å². The Hall–Kier alpha value is -3.11. The molecule has 0 aliphatic rings. The Labute approximate surface area is 188 Å². The molecule has 0 heterocycles. The van der Waals surface area contributed by atoms with Crippen molar-refractivity contribution in [2.75, 3.05) is 18.9 Å². The predicted octanol–water partition coefficient (Wildman–Crippen LogP) is -4.70. The van der Waals surface area contributed by atoms with E-state index in [1.807, 2.05) is 0 Å². The molecule has 3 amide bonds. The van der Waals surface area contributed by atoms with Crippen LogP contribution in [0.5, 0.6) is 0 Å². The van der Waals surface area contributed by atoms with Crippen molar-refractivity contribution in [1.82, 2.24) is 16.0 Å². The lowest BCUT2D eigenvalue weighted by molar-refractivity contribution is -0.143. The number of rotatable bonds is 15. The highest BCUT2D eigenvalue weighted by atomic mass is 32.1. The van der Waals surface area contributed by atoms with Gasteiger partial charge in [0.05, 0.1) is 19.1 Å². The highest BCUT2D eigenvalue weighted by Gasteiger charge is 2.30. The van der Waals surface area contributed by atoms with E-state index >= 15 is 0 Å². The molecule has 0 fully saturated rings. The number of carboxylic acid groups (broad SMARTS) is 2. The normalized spacial score (nSPS) is 14.2. The number of thiol groups is 1. The summed E-state index contributed by atoms with van der Waals surface area (Å²) in [5.74, 6) is -6.18. The van der Waals surface area contributed by atoms with E-state index in [9.17, 15) is 29.1 Å². The Morgan fingerprint density at radius 2 is 1.44 bits per heavy atom. The summed E-state index contributed by atoms with van der Waals surface area (Å²) in [6.45, 7) is -0.714. The van der Waals surface area contributed by atoms with Crippen molar-refractivity contribution in [2.45, 2.75) is 43.4 Å². The van der Waals surface area contributed by atoms with Crippen LogP contribution < -0.4 is 33.2 Å². The van der Waals surface area contributed by atoms with Crippen molar-refractivity contribution in [1.29, 1.82) is 0 Å². The van der Waals surface area contributed by atoms with Gasteiger partial charge in [0.25, 0.3) is 0 Å². The molecule has 32 heavy (non-hydrogen) atoms. The Bertz CT molecular complexity index is 717. The van der Waals surface area contributed by atoms with Gasteiger partial charge in [-0.1, -0.05) is 0 Å². The van der Waals surface area contributed by atoms with Gasteiger partial charge in [-0.05, 0) is 12.8 Å². The molecule has 0 aliphatic heterocycles. The summed E-state index contributed by atoms with van der Waals surface area (Å²) in [4.78, 5) is 62.6. The smallest absolute Gasteiger partial charge is 0.327 e. The maximum absolute atomic E-state index is 12.4. The second-order valence-corrected chi connectivity index (χ2v) is 6.91. The molecule has 0 aromatic carbocycles.